The van der Waals surface area contributed by atoms with Crippen molar-refractivity contribution in [2.75, 3.05) is 26.0 Å². The van der Waals surface area contributed by atoms with Gasteiger partial charge >= 0.3 is 0 Å². The lowest BCUT2D eigenvalue weighted by atomic mass is 9.94. The van der Waals surface area contributed by atoms with Gasteiger partial charge in [0.25, 0.3) is 0 Å². The molecule has 1 N–H and O–H groups in total. The van der Waals surface area contributed by atoms with E-state index in [1.165, 1.54) is 17.5 Å². The largest absolute Gasteiger partial charge is 0.481 e. The van der Waals surface area contributed by atoms with Crippen LogP contribution in [0.15, 0.2) is 36.7 Å². The number of nitrogens with one attached hydrogen (secondary N) is 1. The molecule has 0 aliphatic carbocycles. The summed E-state index contributed by atoms with van der Waals surface area (Å²) in [6.07, 6.45) is 2.57. The van der Waals surface area contributed by atoms with Gasteiger partial charge in [0.15, 0.2) is 0 Å². The van der Waals surface area contributed by atoms with Crippen molar-refractivity contribution in [1.82, 2.24) is 14.9 Å². The number of benzene rings is 1. The minimum absolute atomic E-state index is 0.459. The second-order valence-corrected chi connectivity index (χ2v) is 5.37. The van der Waals surface area contributed by atoms with Crippen molar-refractivity contribution in [2.45, 2.75) is 19.0 Å². The molecule has 0 amide bonds. The maximum atomic E-state index is 5.11. The molecule has 1 aromatic heterocycles. The minimum atomic E-state index is 0.459. The molecular weight excluding hydrogens is 264 g/mol. The van der Waals surface area contributed by atoms with Crippen molar-refractivity contribution in [2.24, 2.45) is 0 Å². The maximum Gasteiger partial charge on any atom is 0.218 e. The van der Waals surface area contributed by atoms with Gasteiger partial charge in [-0.2, -0.15) is 0 Å². The highest BCUT2D eigenvalue weighted by Gasteiger charge is 2.22. The number of anilines is 1. The Bertz CT molecular complexity index is 617. The molecule has 1 atom stereocenters. The first-order valence-corrected chi connectivity index (χ1v) is 7.13. The molecule has 2 aromatic rings. The van der Waals surface area contributed by atoms with Gasteiger partial charge < -0.3 is 10.1 Å². The summed E-state index contributed by atoms with van der Waals surface area (Å²) in [6.45, 7) is 1.85. The van der Waals surface area contributed by atoms with Crippen LogP contribution < -0.4 is 10.1 Å². The fourth-order valence-corrected chi connectivity index (χ4v) is 2.72. The molecule has 1 aliphatic rings. The summed E-state index contributed by atoms with van der Waals surface area (Å²) in [4.78, 5) is 10.6. The number of ether oxygens (including phenoxy) is 1. The zero-order chi connectivity index (χ0) is 14.7. The average Bonchev–Trinajstić information content (AvgIpc) is 2.53. The Morgan fingerprint density at radius 1 is 1.29 bits per heavy atom. The van der Waals surface area contributed by atoms with E-state index in [0.717, 1.165) is 25.3 Å². The van der Waals surface area contributed by atoms with E-state index in [1.54, 1.807) is 7.11 Å². The first-order valence-electron chi connectivity index (χ1n) is 7.13. The Kier molecular flexibility index (Phi) is 4.01. The second-order valence-electron chi connectivity index (χ2n) is 5.37. The van der Waals surface area contributed by atoms with Crippen molar-refractivity contribution in [3.8, 4) is 5.88 Å². The van der Waals surface area contributed by atoms with Gasteiger partial charge in [-0.05, 0) is 24.6 Å². The Morgan fingerprint density at radius 2 is 2.10 bits per heavy atom. The van der Waals surface area contributed by atoms with Gasteiger partial charge in [-0.25, -0.2) is 9.97 Å². The highest BCUT2D eigenvalue weighted by Crippen LogP contribution is 2.22. The molecule has 5 heteroatoms. The Balaban J connectivity index is 1.65. The third kappa shape index (κ3) is 3.13. The molecule has 1 unspecified atom stereocenters. The molecule has 3 rings (SSSR count). The monoisotopic (exact) mass is 284 g/mol. The third-order valence-corrected chi connectivity index (χ3v) is 3.99. The Labute approximate surface area is 125 Å². The van der Waals surface area contributed by atoms with E-state index in [1.807, 2.05) is 6.07 Å². The lowest BCUT2D eigenvalue weighted by molar-refractivity contribution is 0.224. The van der Waals surface area contributed by atoms with Crippen molar-refractivity contribution in [3.05, 3.63) is 47.8 Å². The molecule has 1 aromatic carbocycles. The van der Waals surface area contributed by atoms with Gasteiger partial charge in [-0.1, -0.05) is 24.3 Å². The summed E-state index contributed by atoms with van der Waals surface area (Å²) in [5, 5.41) is 3.38. The highest BCUT2D eigenvalue weighted by atomic mass is 16.5. The van der Waals surface area contributed by atoms with Crippen LogP contribution in [0, 0.1) is 0 Å². The molecular formula is C16H20N4O. The second kappa shape index (κ2) is 6.10. The topological polar surface area (TPSA) is 50.3 Å². The van der Waals surface area contributed by atoms with Crippen LogP contribution in [-0.2, 0) is 13.0 Å². The first-order chi connectivity index (χ1) is 10.3. The smallest absolute Gasteiger partial charge is 0.218 e. The zero-order valence-corrected chi connectivity index (χ0v) is 12.4. The SMILES string of the molecule is COc1cc(NCC2Cc3ccccc3CN2C)ncn1. The van der Waals surface area contributed by atoms with E-state index in [-0.39, 0.29) is 0 Å². The highest BCUT2D eigenvalue weighted by molar-refractivity contribution is 5.38. The average molecular weight is 284 g/mol. The number of likely N-dealkylation sites (N-methyl/N-ethyl adjacent to an activating group) is 1. The van der Waals surface area contributed by atoms with Crippen LogP contribution >= 0.6 is 0 Å². The molecule has 0 radical (unpaired) electrons. The predicted octanol–water partition coefficient (Wildman–Crippen LogP) is 1.95. The van der Waals surface area contributed by atoms with Crippen LogP contribution in [0.4, 0.5) is 5.82 Å². The molecule has 110 valence electrons. The maximum absolute atomic E-state index is 5.11. The lowest BCUT2D eigenvalue weighted by Gasteiger charge is -2.34. The van der Waals surface area contributed by atoms with Gasteiger partial charge in [0.05, 0.1) is 7.11 Å². The van der Waals surface area contributed by atoms with Gasteiger partial charge in [-0.15, -0.1) is 0 Å². The number of hydrogen-bond donors (Lipinski definition) is 1. The number of fused-ring (bicyclic) bond motifs is 1. The molecule has 0 bridgehead atoms. The summed E-state index contributed by atoms with van der Waals surface area (Å²) in [5.74, 6) is 1.38. The lowest BCUT2D eigenvalue weighted by Crippen LogP contribution is -2.42. The van der Waals surface area contributed by atoms with Crippen molar-refractivity contribution >= 4 is 5.82 Å². The fourth-order valence-electron chi connectivity index (χ4n) is 2.72. The van der Waals surface area contributed by atoms with E-state index in [0.29, 0.717) is 11.9 Å². The molecule has 2 heterocycles. The summed E-state index contributed by atoms with van der Waals surface area (Å²) in [6, 6.07) is 10.9. The standard InChI is InChI=1S/C16H20N4O/c1-20-10-13-6-4-3-5-12(13)7-14(20)9-17-15-8-16(21-2)19-11-18-15/h3-6,8,11,14H,7,9-10H2,1-2H3,(H,17,18,19). The molecule has 21 heavy (non-hydrogen) atoms. The van der Waals surface area contributed by atoms with Gasteiger partial charge in [-0.3, -0.25) is 4.90 Å². The van der Waals surface area contributed by atoms with Crippen molar-refractivity contribution in [3.63, 3.8) is 0 Å². The quantitative estimate of drug-likeness (QED) is 0.930. The van der Waals surface area contributed by atoms with Gasteiger partial charge in [0.2, 0.25) is 5.88 Å². The van der Waals surface area contributed by atoms with Gasteiger partial charge in [0.1, 0.15) is 12.1 Å². The van der Waals surface area contributed by atoms with Crippen LogP contribution in [0.2, 0.25) is 0 Å². The number of rotatable bonds is 4. The molecule has 0 saturated carbocycles. The molecule has 5 nitrogen and oxygen atoms in total. The van der Waals surface area contributed by atoms with Crippen LogP contribution in [0.5, 0.6) is 5.88 Å². The number of methoxy groups -OCH3 is 1. The van der Waals surface area contributed by atoms with Crippen LogP contribution in [0.25, 0.3) is 0 Å². The molecule has 0 fully saturated rings. The van der Waals surface area contributed by atoms with E-state index in [9.17, 15) is 0 Å². The van der Waals surface area contributed by atoms with Gasteiger partial charge in [0, 0.05) is 25.2 Å². The van der Waals surface area contributed by atoms with E-state index >= 15 is 0 Å². The molecule has 1 aliphatic heterocycles. The van der Waals surface area contributed by atoms with Crippen molar-refractivity contribution < 1.29 is 4.74 Å². The summed E-state index contributed by atoms with van der Waals surface area (Å²) < 4.78 is 5.11. The summed E-state index contributed by atoms with van der Waals surface area (Å²) in [7, 11) is 3.78. The van der Waals surface area contributed by atoms with Crippen molar-refractivity contribution in [1.29, 1.82) is 0 Å². The molecule has 0 spiro atoms. The number of aromatic nitrogens is 2. The zero-order valence-electron chi connectivity index (χ0n) is 12.4. The van der Waals surface area contributed by atoms with Crippen LogP contribution in [0.3, 0.4) is 0 Å². The minimum Gasteiger partial charge on any atom is -0.481 e. The number of nitrogens with zero attached hydrogens (tertiary/aromatic N) is 3. The Hall–Kier alpha value is -2.14. The van der Waals surface area contributed by atoms with Crippen LogP contribution in [-0.4, -0.2) is 41.6 Å². The summed E-state index contributed by atoms with van der Waals surface area (Å²) in [5.41, 5.74) is 2.88. The van der Waals surface area contributed by atoms with E-state index < -0.39 is 0 Å². The fraction of sp³-hybridized carbons (Fsp3) is 0.375. The summed E-state index contributed by atoms with van der Waals surface area (Å²) >= 11 is 0. The third-order valence-electron chi connectivity index (χ3n) is 3.99. The Morgan fingerprint density at radius 3 is 2.90 bits per heavy atom. The van der Waals surface area contributed by atoms with Crippen LogP contribution in [0.1, 0.15) is 11.1 Å². The van der Waals surface area contributed by atoms with E-state index in [2.05, 4.69) is 51.5 Å². The normalized spacial score (nSPS) is 18.1. The van der Waals surface area contributed by atoms with E-state index in [4.69, 9.17) is 4.74 Å². The predicted molar refractivity (Wildman–Crippen MR) is 82.5 cm³/mol. The molecule has 0 saturated heterocycles. The number of hydrogen-bond acceptors (Lipinski definition) is 5. The first kappa shape index (κ1) is 13.8.